The monoisotopic (exact) mass is 295 g/mol. The first-order valence-corrected chi connectivity index (χ1v) is 7.14. The van der Waals surface area contributed by atoms with Crippen LogP contribution in [0.15, 0.2) is 41.3 Å². The molecule has 0 unspecified atom stereocenters. The van der Waals surface area contributed by atoms with Gasteiger partial charge in [0.2, 0.25) is 5.56 Å². The van der Waals surface area contributed by atoms with Crippen LogP contribution in [0.4, 0.5) is 0 Å². The van der Waals surface area contributed by atoms with E-state index in [-0.39, 0.29) is 11.5 Å². The summed E-state index contributed by atoms with van der Waals surface area (Å²) >= 11 is 0. The molecule has 0 spiro atoms. The van der Waals surface area contributed by atoms with Crippen molar-refractivity contribution in [2.75, 3.05) is 0 Å². The molecule has 0 radical (unpaired) electrons. The molecule has 0 saturated heterocycles. The second-order valence-electron chi connectivity index (χ2n) is 5.46. The summed E-state index contributed by atoms with van der Waals surface area (Å²) in [5.74, 6) is 2.21. The summed E-state index contributed by atoms with van der Waals surface area (Å²) in [6, 6.07) is 9.02. The first-order chi connectivity index (χ1) is 10.5. The van der Waals surface area contributed by atoms with Crippen LogP contribution in [0, 0.1) is 6.92 Å². The molecule has 6 nitrogen and oxygen atoms in total. The summed E-state index contributed by atoms with van der Waals surface area (Å²) < 4.78 is 1.68. The largest absolute Gasteiger partial charge is 0.326 e. The number of hydrogen-bond acceptors (Lipinski definition) is 4. The Hall–Kier alpha value is -2.76. The van der Waals surface area contributed by atoms with Gasteiger partial charge in [-0.3, -0.25) is 4.79 Å². The van der Waals surface area contributed by atoms with Gasteiger partial charge in [-0.05, 0) is 25.1 Å². The lowest BCUT2D eigenvalue weighted by molar-refractivity contribution is 0.747. The molecule has 3 aromatic rings. The Labute approximate surface area is 127 Å². The van der Waals surface area contributed by atoms with E-state index in [1.807, 2.05) is 45.0 Å². The number of aromatic amines is 1. The van der Waals surface area contributed by atoms with E-state index in [9.17, 15) is 4.79 Å². The zero-order chi connectivity index (χ0) is 15.7. The topological polar surface area (TPSA) is 76.5 Å². The first kappa shape index (κ1) is 14.2. The van der Waals surface area contributed by atoms with Gasteiger partial charge in [-0.15, -0.1) is 5.10 Å². The highest BCUT2D eigenvalue weighted by molar-refractivity contribution is 5.57. The van der Waals surface area contributed by atoms with E-state index in [4.69, 9.17) is 0 Å². The molecule has 0 fully saturated rings. The van der Waals surface area contributed by atoms with Gasteiger partial charge in [0.1, 0.15) is 0 Å². The van der Waals surface area contributed by atoms with Crippen molar-refractivity contribution in [1.29, 1.82) is 0 Å². The molecule has 0 aliphatic rings. The number of aryl methyl sites for hydroxylation is 1. The van der Waals surface area contributed by atoms with Crippen molar-refractivity contribution in [3.8, 4) is 17.2 Å². The van der Waals surface area contributed by atoms with E-state index in [1.165, 1.54) is 6.07 Å². The number of hydrogen-bond donors (Lipinski definition) is 1. The minimum atomic E-state index is -0.156. The van der Waals surface area contributed by atoms with E-state index >= 15 is 0 Å². The maximum Gasteiger partial charge on any atom is 0.248 e. The van der Waals surface area contributed by atoms with Gasteiger partial charge in [-0.2, -0.15) is 4.68 Å². The predicted octanol–water partition coefficient (Wildman–Crippen LogP) is 2.45. The average molecular weight is 295 g/mol. The molecular weight excluding hydrogens is 278 g/mol. The van der Waals surface area contributed by atoms with Gasteiger partial charge >= 0.3 is 0 Å². The maximum atomic E-state index is 11.7. The van der Waals surface area contributed by atoms with Crippen LogP contribution in [0.5, 0.6) is 0 Å². The maximum absolute atomic E-state index is 11.7. The molecule has 112 valence electrons. The number of pyridine rings is 2. The molecule has 0 aliphatic heterocycles. The van der Waals surface area contributed by atoms with Gasteiger partial charge in [0.25, 0.3) is 0 Å². The highest BCUT2D eigenvalue weighted by Crippen LogP contribution is 2.22. The summed E-state index contributed by atoms with van der Waals surface area (Å²) in [4.78, 5) is 23.4. The second kappa shape index (κ2) is 5.55. The lowest BCUT2D eigenvalue weighted by Crippen LogP contribution is -2.08. The summed E-state index contributed by atoms with van der Waals surface area (Å²) in [6.45, 7) is 5.91. The Balaban J connectivity index is 2.23. The fourth-order valence-corrected chi connectivity index (χ4v) is 2.21. The fraction of sp³-hybridized carbons (Fsp3) is 0.250. The molecule has 22 heavy (non-hydrogen) atoms. The van der Waals surface area contributed by atoms with Crippen molar-refractivity contribution in [1.82, 2.24) is 24.7 Å². The minimum Gasteiger partial charge on any atom is -0.326 e. The molecule has 0 aromatic carbocycles. The van der Waals surface area contributed by atoms with Crippen molar-refractivity contribution in [2.24, 2.45) is 0 Å². The van der Waals surface area contributed by atoms with Crippen molar-refractivity contribution in [3.05, 3.63) is 58.4 Å². The van der Waals surface area contributed by atoms with Crippen LogP contribution in [0.25, 0.3) is 17.2 Å². The summed E-state index contributed by atoms with van der Waals surface area (Å²) in [5, 5.41) is 4.55. The summed E-state index contributed by atoms with van der Waals surface area (Å²) in [5.41, 5.74) is 1.35. The minimum absolute atomic E-state index is 0.156. The number of aromatic nitrogens is 5. The molecule has 3 rings (SSSR count). The summed E-state index contributed by atoms with van der Waals surface area (Å²) in [7, 11) is 0. The Kier molecular flexibility index (Phi) is 3.58. The van der Waals surface area contributed by atoms with Crippen molar-refractivity contribution >= 4 is 0 Å². The highest BCUT2D eigenvalue weighted by atomic mass is 16.1. The number of H-pyrrole nitrogens is 1. The zero-order valence-corrected chi connectivity index (χ0v) is 12.7. The predicted molar refractivity (Wildman–Crippen MR) is 84.0 cm³/mol. The standard InChI is InChI=1S/C16H17N5O/c1-10(2)15-19-16(12-8-11(3)18-14(22)9-12)21(20-15)13-6-4-5-7-17-13/h4-10H,1-3H3,(H,18,22). The SMILES string of the molecule is Cc1cc(-c2nc(C(C)C)nn2-c2ccccn2)cc(=O)[nH]1. The van der Waals surface area contributed by atoms with Gasteiger partial charge in [0.15, 0.2) is 17.5 Å². The van der Waals surface area contributed by atoms with E-state index in [0.717, 1.165) is 17.1 Å². The third-order valence-electron chi connectivity index (χ3n) is 3.24. The molecule has 3 heterocycles. The second-order valence-corrected chi connectivity index (χ2v) is 5.46. The number of rotatable bonds is 3. The van der Waals surface area contributed by atoms with Crippen molar-refractivity contribution < 1.29 is 0 Å². The van der Waals surface area contributed by atoms with E-state index in [1.54, 1.807) is 10.9 Å². The molecule has 0 saturated carbocycles. The molecule has 0 atom stereocenters. The summed E-state index contributed by atoms with van der Waals surface area (Å²) in [6.07, 6.45) is 1.71. The highest BCUT2D eigenvalue weighted by Gasteiger charge is 2.16. The molecule has 0 bridgehead atoms. The lowest BCUT2D eigenvalue weighted by atomic mass is 10.2. The van der Waals surface area contributed by atoms with Crippen LogP contribution in [0.1, 0.15) is 31.3 Å². The van der Waals surface area contributed by atoms with Crippen molar-refractivity contribution in [2.45, 2.75) is 26.7 Å². The third kappa shape index (κ3) is 2.67. The Morgan fingerprint density at radius 2 is 2.05 bits per heavy atom. The first-order valence-electron chi connectivity index (χ1n) is 7.14. The third-order valence-corrected chi connectivity index (χ3v) is 3.24. The van der Waals surface area contributed by atoms with Gasteiger partial charge in [-0.1, -0.05) is 19.9 Å². The van der Waals surface area contributed by atoms with Gasteiger partial charge < -0.3 is 4.98 Å². The lowest BCUT2D eigenvalue weighted by Gasteiger charge is -2.05. The van der Waals surface area contributed by atoms with Crippen molar-refractivity contribution in [3.63, 3.8) is 0 Å². The zero-order valence-electron chi connectivity index (χ0n) is 12.7. The van der Waals surface area contributed by atoms with Gasteiger partial charge in [0.05, 0.1) is 0 Å². The van der Waals surface area contributed by atoms with Crippen LogP contribution >= 0.6 is 0 Å². The van der Waals surface area contributed by atoms with E-state index in [2.05, 4.69) is 20.1 Å². The normalized spacial score (nSPS) is 11.1. The van der Waals surface area contributed by atoms with Crippen LogP contribution < -0.4 is 5.56 Å². The van der Waals surface area contributed by atoms with E-state index in [0.29, 0.717) is 11.6 Å². The Morgan fingerprint density at radius 1 is 1.23 bits per heavy atom. The molecule has 0 aliphatic carbocycles. The Morgan fingerprint density at radius 3 is 2.68 bits per heavy atom. The smallest absolute Gasteiger partial charge is 0.248 e. The van der Waals surface area contributed by atoms with Crippen LogP contribution in [-0.4, -0.2) is 24.7 Å². The molecule has 3 aromatic heterocycles. The molecule has 0 amide bonds. The fourth-order valence-electron chi connectivity index (χ4n) is 2.21. The average Bonchev–Trinajstić information content (AvgIpc) is 2.92. The quantitative estimate of drug-likeness (QED) is 0.805. The van der Waals surface area contributed by atoms with E-state index < -0.39 is 0 Å². The van der Waals surface area contributed by atoms with Gasteiger partial charge in [-0.25, -0.2) is 9.97 Å². The number of nitrogens with one attached hydrogen (secondary N) is 1. The molecule has 1 N–H and O–H groups in total. The molecular formula is C16H17N5O. The van der Waals surface area contributed by atoms with Gasteiger partial charge in [0, 0.05) is 29.4 Å². The molecule has 6 heteroatoms. The van der Waals surface area contributed by atoms with Crippen LogP contribution in [0.3, 0.4) is 0 Å². The van der Waals surface area contributed by atoms with Crippen LogP contribution in [0.2, 0.25) is 0 Å². The Bertz CT molecular complexity index is 848. The van der Waals surface area contributed by atoms with Crippen LogP contribution in [-0.2, 0) is 0 Å². The number of nitrogens with zero attached hydrogens (tertiary/aromatic N) is 4.